The highest BCUT2D eigenvalue weighted by Gasteiger charge is 2.19. The van der Waals surface area contributed by atoms with Crippen LogP contribution in [0, 0.1) is 11.3 Å². The lowest BCUT2D eigenvalue weighted by Crippen LogP contribution is -2.15. The molecule has 0 atom stereocenters. The molecular weight excluding hydrogens is 276 g/mol. The third-order valence-electron chi connectivity index (χ3n) is 2.64. The first-order chi connectivity index (χ1) is 9.58. The Kier molecular flexibility index (Phi) is 3.86. The van der Waals surface area contributed by atoms with Crippen molar-refractivity contribution in [2.24, 2.45) is 0 Å². The lowest BCUT2D eigenvalue weighted by atomic mass is 10.2. The average Bonchev–Trinajstić information content (AvgIpc) is 2.47. The number of sulfonamides is 1. The predicted octanol–water partition coefficient (Wildman–Crippen LogP) is 1.80. The number of hydrogen-bond donors (Lipinski definition) is 2. The van der Waals surface area contributed by atoms with Crippen molar-refractivity contribution in [2.75, 3.05) is 17.1 Å². The molecule has 20 heavy (non-hydrogen) atoms. The molecule has 0 aliphatic heterocycles. The van der Waals surface area contributed by atoms with Crippen molar-refractivity contribution in [1.82, 2.24) is 4.98 Å². The Balaban J connectivity index is 2.44. The molecule has 2 aromatic rings. The first-order valence-electron chi connectivity index (χ1n) is 5.72. The summed E-state index contributed by atoms with van der Waals surface area (Å²) < 4.78 is 27.1. The van der Waals surface area contributed by atoms with Gasteiger partial charge in [0.15, 0.2) is 0 Å². The van der Waals surface area contributed by atoms with Gasteiger partial charge in [0.1, 0.15) is 11.0 Å². The third kappa shape index (κ3) is 2.70. The van der Waals surface area contributed by atoms with Crippen LogP contribution in [0.2, 0.25) is 0 Å². The molecule has 0 unspecified atom stereocenters. The average molecular weight is 288 g/mol. The second-order valence-corrected chi connectivity index (χ2v) is 5.54. The molecule has 0 radical (unpaired) electrons. The maximum absolute atomic E-state index is 12.3. The molecule has 0 spiro atoms. The number of nitrogens with one attached hydrogen (secondary N) is 2. The number of nitrogens with zero attached hydrogens (tertiary/aromatic N) is 2. The van der Waals surface area contributed by atoms with Gasteiger partial charge in [0.05, 0.1) is 16.9 Å². The molecule has 102 valence electrons. The van der Waals surface area contributed by atoms with Gasteiger partial charge in [0.2, 0.25) is 0 Å². The van der Waals surface area contributed by atoms with E-state index >= 15 is 0 Å². The van der Waals surface area contributed by atoms with E-state index in [1.54, 1.807) is 31.3 Å². The van der Waals surface area contributed by atoms with Crippen molar-refractivity contribution in [1.29, 1.82) is 5.26 Å². The number of anilines is 2. The van der Waals surface area contributed by atoms with Gasteiger partial charge in [-0.15, -0.1) is 0 Å². The number of para-hydroxylation sites is 1. The van der Waals surface area contributed by atoms with Crippen LogP contribution in [0.15, 0.2) is 47.6 Å². The lowest BCUT2D eigenvalue weighted by Gasteiger charge is -2.12. The van der Waals surface area contributed by atoms with Gasteiger partial charge < -0.3 is 5.32 Å². The third-order valence-corrected chi connectivity index (χ3v) is 4.03. The highest BCUT2D eigenvalue weighted by atomic mass is 32.2. The molecular formula is C13H12N4O2S. The lowest BCUT2D eigenvalue weighted by molar-refractivity contribution is 0.601. The summed E-state index contributed by atoms with van der Waals surface area (Å²) >= 11 is 0. The van der Waals surface area contributed by atoms with Crippen molar-refractivity contribution in [2.45, 2.75) is 4.90 Å². The van der Waals surface area contributed by atoms with Gasteiger partial charge in [0.25, 0.3) is 10.0 Å². The van der Waals surface area contributed by atoms with Crippen LogP contribution in [-0.2, 0) is 10.0 Å². The first-order valence-corrected chi connectivity index (χ1v) is 7.20. The molecule has 1 aromatic carbocycles. The first kappa shape index (κ1) is 13.8. The van der Waals surface area contributed by atoms with Crippen LogP contribution in [0.1, 0.15) is 5.56 Å². The topological polar surface area (TPSA) is 94.9 Å². The summed E-state index contributed by atoms with van der Waals surface area (Å²) in [5.74, 6) is 0. The molecule has 0 aliphatic carbocycles. The molecule has 0 bridgehead atoms. The maximum atomic E-state index is 12.3. The predicted molar refractivity (Wildman–Crippen MR) is 75.7 cm³/mol. The summed E-state index contributed by atoms with van der Waals surface area (Å²) in [5.41, 5.74) is 0.925. The Morgan fingerprint density at radius 1 is 1.20 bits per heavy atom. The van der Waals surface area contributed by atoms with Crippen molar-refractivity contribution < 1.29 is 8.42 Å². The Morgan fingerprint density at radius 2 is 1.95 bits per heavy atom. The summed E-state index contributed by atoms with van der Waals surface area (Å²) in [5, 5.41) is 11.8. The largest absolute Gasteiger partial charge is 0.387 e. The van der Waals surface area contributed by atoms with E-state index in [4.69, 9.17) is 5.26 Å². The van der Waals surface area contributed by atoms with Crippen molar-refractivity contribution >= 4 is 21.4 Å². The van der Waals surface area contributed by atoms with Gasteiger partial charge in [-0.25, -0.2) is 8.42 Å². The molecule has 0 saturated heterocycles. The molecule has 7 heteroatoms. The number of rotatable bonds is 4. The number of hydrogen-bond acceptors (Lipinski definition) is 5. The Bertz CT molecular complexity index is 766. The number of pyridine rings is 1. The zero-order chi connectivity index (χ0) is 14.6. The molecule has 2 N–H and O–H groups in total. The van der Waals surface area contributed by atoms with E-state index in [1.165, 1.54) is 18.5 Å². The van der Waals surface area contributed by atoms with Crippen molar-refractivity contribution in [3.8, 4) is 6.07 Å². The van der Waals surface area contributed by atoms with Crippen LogP contribution in [-0.4, -0.2) is 20.4 Å². The quantitative estimate of drug-likeness (QED) is 0.894. The molecule has 0 saturated carbocycles. The number of nitriles is 1. The maximum Gasteiger partial charge on any atom is 0.265 e. The highest BCUT2D eigenvalue weighted by molar-refractivity contribution is 7.92. The molecule has 6 nitrogen and oxygen atoms in total. The molecule has 2 rings (SSSR count). The fraction of sp³-hybridized carbons (Fsp3) is 0.0769. The van der Waals surface area contributed by atoms with E-state index in [1.807, 2.05) is 6.07 Å². The summed E-state index contributed by atoms with van der Waals surface area (Å²) in [6, 6.07) is 9.90. The molecule has 1 heterocycles. The van der Waals surface area contributed by atoms with Crippen LogP contribution in [0.5, 0.6) is 0 Å². The van der Waals surface area contributed by atoms with Crippen LogP contribution in [0.4, 0.5) is 11.4 Å². The minimum atomic E-state index is -3.81. The molecule has 1 aromatic heterocycles. The fourth-order valence-corrected chi connectivity index (χ4v) is 2.91. The van der Waals surface area contributed by atoms with Crippen LogP contribution in [0.25, 0.3) is 0 Å². The van der Waals surface area contributed by atoms with Crippen LogP contribution in [0.3, 0.4) is 0 Å². The zero-order valence-corrected chi connectivity index (χ0v) is 11.5. The summed E-state index contributed by atoms with van der Waals surface area (Å²) in [4.78, 5) is 3.84. The van der Waals surface area contributed by atoms with Crippen LogP contribution < -0.4 is 10.0 Å². The van der Waals surface area contributed by atoms with Gasteiger partial charge in [-0.2, -0.15) is 5.26 Å². The summed E-state index contributed by atoms with van der Waals surface area (Å²) in [7, 11) is -2.19. The second kappa shape index (κ2) is 5.59. The monoisotopic (exact) mass is 288 g/mol. The van der Waals surface area contributed by atoms with E-state index in [0.29, 0.717) is 5.69 Å². The fourth-order valence-electron chi connectivity index (χ4n) is 1.67. The zero-order valence-electron chi connectivity index (χ0n) is 10.7. The van der Waals surface area contributed by atoms with Gasteiger partial charge in [-0.1, -0.05) is 12.1 Å². The van der Waals surface area contributed by atoms with Crippen molar-refractivity contribution in [3.63, 3.8) is 0 Å². The van der Waals surface area contributed by atoms with Gasteiger partial charge in [-0.3, -0.25) is 9.71 Å². The van der Waals surface area contributed by atoms with Gasteiger partial charge in [0, 0.05) is 19.4 Å². The van der Waals surface area contributed by atoms with E-state index in [9.17, 15) is 8.42 Å². The van der Waals surface area contributed by atoms with Gasteiger partial charge in [-0.05, 0) is 18.2 Å². The Hall–Kier alpha value is -2.59. The molecule has 0 fully saturated rings. The molecule has 0 amide bonds. The summed E-state index contributed by atoms with van der Waals surface area (Å²) in [6.07, 6.45) is 2.75. The van der Waals surface area contributed by atoms with E-state index < -0.39 is 10.0 Å². The number of benzene rings is 1. The minimum absolute atomic E-state index is 0.0234. The highest BCUT2D eigenvalue weighted by Crippen LogP contribution is 2.23. The van der Waals surface area contributed by atoms with Crippen molar-refractivity contribution in [3.05, 3.63) is 48.3 Å². The smallest absolute Gasteiger partial charge is 0.265 e. The minimum Gasteiger partial charge on any atom is -0.387 e. The summed E-state index contributed by atoms with van der Waals surface area (Å²) in [6.45, 7) is 0. The normalized spacial score (nSPS) is 10.6. The Labute approximate surface area is 117 Å². The molecule has 0 aliphatic rings. The SMILES string of the molecule is CNc1ccncc1S(=O)(=O)Nc1ccccc1C#N. The second-order valence-electron chi connectivity index (χ2n) is 3.88. The van der Waals surface area contributed by atoms with Crippen LogP contribution >= 0.6 is 0 Å². The van der Waals surface area contributed by atoms with E-state index in [0.717, 1.165) is 0 Å². The Morgan fingerprint density at radius 3 is 2.65 bits per heavy atom. The van der Waals surface area contributed by atoms with E-state index in [-0.39, 0.29) is 16.1 Å². The number of aromatic nitrogens is 1. The standard InChI is InChI=1S/C13H12N4O2S/c1-15-12-6-7-16-9-13(12)20(18,19)17-11-5-3-2-4-10(11)8-14/h2-7,9,17H,1H3,(H,15,16). The van der Waals surface area contributed by atoms with Gasteiger partial charge >= 0.3 is 0 Å². The van der Waals surface area contributed by atoms with E-state index in [2.05, 4.69) is 15.0 Å².